The summed E-state index contributed by atoms with van der Waals surface area (Å²) in [6, 6.07) is 0. The van der Waals surface area contributed by atoms with Crippen molar-refractivity contribution in [2.75, 3.05) is 30.3 Å². The van der Waals surface area contributed by atoms with Crippen molar-refractivity contribution in [2.24, 2.45) is 17.3 Å². The van der Waals surface area contributed by atoms with E-state index in [-0.39, 0.29) is 29.2 Å². The van der Waals surface area contributed by atoms with Crippen LogP contribution < -0.4 is 21.9 Å². The van der Waals surface area contributed by atoms with Crippen molar-refractivity contribution < 1.29 is 9.59 Å². The second-order valence-electron chi connectivity index (χ2n) is 10.2. The maximum atomic E-state index is 13.6. The van der Waals surface area contributed by atoms with E-state index in [1.165, 1.54) is 9.47 Å². The van der Waals surface area contributed by atoms with Gasteiger partial charge in [0.2, 0.25) is 11.8 Å². The molecule has 1 atom stereocenters. The Labute approximate surface area is 190 Å². The van der Waals surface area contributed by atoms with Crippen LogP contribution in [0.4, 0.5) is 11.5 Å². The Morgan fingerprint density at radius 3 is 2.47 bits per heavy atom. The molecule has 1 fully saturated rings. The lowest BCUT2D eigenvalue weighted by Crippen LogP contribution is -2.51. The van der Waals surface area contributed by atoms with E-state index < -0.39 is 22.6 Å². The fourth-order valence-corrected chi connectivity index (χ4v) is 4.09. The monoisotopic (exact) mass is 449 g/mol. The average molecular weight is 450 g/mol. The number of hydrogen-bond acceptors (Lipinski definition) is 5. The molecule has 1 aromatic rings. The first-order chi connectivity index (χ1) is 14.9. The Morgan fingerprint density at radius 1 is 1.25 bits per heavy atom. The van der Waals surface area contributed by atoms with Crippen molar-refractivity contribution in [1.82, 2.24) is 14.5 Å². The highest BCUT2D eigenvalue weighted by molar-refractivity contribution is 5.97. The smallest absolute Gasteiger partial charge is 0.330 e. The van der Waals surface area contributed by atoms with Crippen molar-refractivity contribution in [3.63, 3.8) is 0 Å². The van der Waals surface area contributed by atoms with Crippen molar-refractivity contribution >= 4 is 23.3 Å². The fourth-order valence-electron chi connectivity index (χ4n) is 4.09. The van der Waals surface area contributed by atoms with Gasteiger partial charge >= 0.3 is 5.69 Å². The maximum absolute atomic E-state index is 13.6. The van der Waals surface area contributed by atoms with Crippen LogP contribution in [0.2, 0.25) is 0 Å². The van der Waals surface area contributed by atoms with Gasteiger partial charge in [-0.2, -0.15) is 0 Å². The van der Waals surface area contributed by atoms with E-state index in [1.807, 2.05) is 41.5 Å². The molecule has 9 heteroatoms. The molecule has 2 amide bonds. The summed E-state index contributed by atoms with van der Waals surface area (Å²) < 4.78 is 1.32. The topological polar surface area (TPSA) is 121 Å². The van der Waals surface area contributed by atoms with Gasteiger partial charge in [0, 0.05) is 31.6 Å². The van der Waals surface area contributed by atoms with Crippen LogP contribution in [0, 0.1) is 17.3 Å². The zero-order chi connectivity index (χ0) is 24.2. The first-order valence-electron chi connectivity index (χ1n) is 11.6. The van der Waals surface area contributed by atoms with Gasteiger partial charge in [0.15, 0.2) is 5.69 Å². The Bertz CT molecular complexity index is 941. The molecule has 0 aromatic carbocycles. The third-order valence-electron chi connectivity index (χ3n) is 5.73. The van der Waals surface area contributed by atoms with E-state index >= 15 is 0 Å². The predicted octanol–water partition coefficient (Wildman–Crippen LogP) is 2.19. The number of carbonyl (C=O) groups is 2. The van der Waals surface area contributed by atoms with Crippen molar-refractivity contribution in [1.29, 1.82) is 0 Å². The molecule has 0 spiro atoms. The number of nitrogens with zero attached hydrogens (tertiary/aromatic N) is 3. The number of hydrogen-bond donors (Lipinski definition) is 2. The summed E-state index contributed by atoms with van der Waals surface area (Å²) in [4.78, 5) is 57.1. The second kappa shape index (κ2) is 10.4. The maximum Gasteiger partial charge on any atom is 0.330 e. The molecule has 1 aliphatic rings. The molecule has 1 unspecified atom stereocenters. The number of H-pyrrole nitrogens is 1. The molecular weight excluding hydrogens is 410 g/mol. The van der Waals surface area contributed by atoms with Gasteiger partial charge in [-0.1, -0.05) is 48.0 Å². The molecule has 0 aliphatic carbocycles. The first-order valence-corrected chi connectivity index (χ1v) is 11.6. The number of aromatic amines is 1. The summed E-state index contributed by atoms with van der Waals surface area (Å²) in [6.45, 7) is 13.1. The summed E-state index contributed by atoms with van der Waals surface area (Å²) in [6.07, 6.45) is 2.87. The van der Waals surface area contributed by atoms with Crippen molar-refractivity contribution in [3.8, 4) is 0 Å². The lowest BCUT2D eigenvalue weighted by atomic mass is 9.90. The normalized spacial score (nSPS) is 17.0. The fraction of sp³-hybridized carbons (Fsp3) is 0.739. The Balaban J connectivity index is 2.44. The van der Waals surface area contributed by atoms with Crippen LogP contribution in [0.3, 0.4) is 0 Å². The molecular formula is C23H39N5O4. The highest BCUT2D eigenvalue weighted by Gasteiger charge is 2.36. The number of nitrogens with two attached hydrogens (primary N) is 1. The minimum absolute atomic E-state index is 0.00957. The van der Waals surface area contributed by atoms with Gasteiger partial charge < -0.3 is 15.5 Å². The van der Waals surface area contributed by atoms with Crippen LogP contribution in [0.15, 0.2) is 9.59 Å². The summed E-state index contributed by atoms with van der Waals surface area (Å²) in [5, 5.41) is 0. The zero-order valence-electron chi connectivity index (χ0n) is 20.4. The van der Waals surface area contributed by atoms with Gasteiger partial charge in [-0.05, 0) is 25.2 Å². The minimum Gasteiger partial charge on any atom is -0.383 e. The van der Waals surface area contributed by atoms with Crippen LogP contribution in [-0.4, -0.2) is 45.9 Å². The highest BCUT2D eigenvalue weighted by Crippen LogP contribution is 2.27. The molecule has 0 radical (unpaired) electrons. The molecule has 1 saturated heterocycles. The Hall–Kier alpha value is -2.58. The van der Waals surface area contributed by atoms with E-state index in [4.69, 9.17) is 5.73 Å². The van der Waals surface area contributed by atoms with E-state index in [0.717, 1.165) is 12.8 Å². The number of nitrogens with one attached hydrogen (secondary N) is 1. The standard InChI is InChI=1S/C23H39N5O4/c1-7-8-12-27(17-18(24)28(13-15(2)3)22(32)25-19(17)29)20(30)16-10-9-11-26(14-16)21(31)23(4,5)6/h15-16H,7-14,24H2,1-6H3,(H,25,29,32). The Kier molecular flexibility index (Phi) is 8.31. The molecule has 1 aromatic heterocycles. The summed E-state index contributed by atoms with van der Waals surface area (Å²) in [7, 11) is 0. The number of unbranched alkanes of at least 4 members (excludes halogenated alkanes) is 1. The van der Waals surface area contributed by atoms with E-state index in [2.05, 4.69) is 4.98 Å². The molecule has 2 heterocycles. The number of nitrogen functional groups attached to an aromatic ring is 1. The minimum atomic E-state index is -0.657. The summed E-state index contributed by atoms with van der Waals surface area (Å²) in [5.41, 5.74) is 4.56. The molecule has 0 saturated carbocycles. The van der Waals surface area contributed by atoms with Gasteiger partial charge in [0.1, 0.15) is 5.82 Å². The van der Waals surface area contributed by atoms with Crippen LogP contribution in [-0.2, 0) is 16.1 Å². The third kappa shape index (κ3) is 5.81. The molecule has 180 valence electrons. The van der Waals surface area contributed by atoms with E-state index in [0.29, 0.717) is 39.0 Å². The number of anilines is 2. The lowest BCUT2D eigenvalue weighted by molar-refractivity contribution is -0.142. The van der Waals surface area contributed by atoms with Crippen LogP contribution >= 0.6 is 0 Å². The highest BCUT2D eigenvalue weighted by atomic mass is 16.2. The van der Waals surface area contributed by atoms with Gasteiger partial charge in [-0.15, -0.1) is 0 Å². The van der Waals surface area contributed by atoms with Crippen LogP contribution in [0.25, 0.3) is 0 Å². The third-order valence-corrected chi connectivity index (χ3v) is 5.73. The number of rotatable bonds is 7. The molecule has 0 bridgehead atoms. The van der Waals surface area contributed by atoms with Crippen molar-refractivity contribution in [2.45, 2.75) is 73.8 Å². The number of aromatic nitrogens is 2. The van der Waals surface area contributed by atoms with Crippen LogP contribution in [0.1, 0.15) is 67.2 Å². The number of carbonyl (C=O) groups excluding carboxylic acids is 2. The van der Waals surface area contributed by atoms with Gasteiger partial charge in [0.25, 0.3) is 5.56 Å². The number of likely N-dealkylation sites (tertiary alicyclic amines) is 1. The second-order valence-corrected chi connectivity index (χ2v) is 10.2. The largest absolute Gasteiger partial charge is 0.383 e. The molecule has 2 rings (SSSR count). The predicted molar refractivity (Wildman–Crippen MR) is 127 cm³/mol. The zero-order valence-corrected chi connectivity index (χ0v) is 20.4. The average Bonchev–Trinajstić information content (AvgIpc) is 2.71. The number of amides is 2. The molecule has 9 nitrogen and oxygen atoms in total. The molecule has 32 heavy (non-hydrogen) atoms. The van der Waals surface area contributed by atoms with Gasteiger partial charge in [0.05, 0.1) is 5.92 Å². The molecule has 1 aliphatic heterocycles. The summed E-state index contributed by atoms with van der Waals surface area (Å²) in [5.74, 6) is -0.495. The number of piperidine rings is 1. The molecule has 3 N–H and O–H groups in total. The lowest BCUT2D eigenvalue weighted by Gasteiger charge is -2.37. The van der Waals surface area contributed by atoms with Crippen molar-refractivity contribution in [3.05, 3.63) is 20.8 Å². The van der Waals surface area contributed by atoms with E-state index in [1.54, 1.807) is 4.90 Å². The summed E-state index contributed by atoms with van der Waals surface area (Å²) >= 11 is 0. The van der Waals surface area contributed by atoms with Gasteiger partial charge in [-0.3, -0.25) is 23.9 Å². The first kappa shape index (κ1) is 25.7. The van der Waals surface area contributed by atoms with Crippen LogP contribution in [0.5, 0.6) is 0 Å². The van der Waals surface area contributed by atoms with E-state index in [9.17, 15) is 19.2 Å². The quantitative estimate of drug-likeness (QED) is 0.661. The Morgan fingerprint density at radius 2 is 1.91 bits per heavy atom. The van der Waals surface area contributed by atoms with Gasteiger partial charge in [-0.25, -0.2) is 4.79 Å². The SMILES string of the molecule is CCCCN(C(=O)C1CCCN(C(=O)C(C)(C)C)C1)c1c(N)n(CC(C)C)c(=O)[nH]c1=O.